The molecule has 0 saturated heterocycles. The number of phenols is 1. The van der Waals surface area contributed by atoms with Gasteiger partial charge in [-0.25, -0.2) is 4.39 Å². The number of aliphatic carboxylic acids is 1. The van der Waals surface area contributed by atoms with E-state index in [1.54, 1.807) is 20.8 Å². The number of nitrogens with two attached hydrogens (primary N) is 1. The Kier molecular flexibility index (Phi) is 4.90. The van der Waals surface area contributed by atoms with Gasteiger partial charge in [0.15, 0.2) is 11.5 Å². The van der Waals surface area contributed by atoms with Crippen LogP contribution < -0.4 is 10.5 Å². The first-order chi connectivity index (χ1) is 9.52. The molecule has 0 bridgehead atoms. The Labute approximate surface area is 121 Å². The topological polar surface area (TPSA) is 110 Å². The lowest BCUT2D eigenvalue weighted by molar-refractivity contribution is -0.143. The van der Waals surface area contributed by atoms with E-state index in [-0.39, 0.29) is 17.7 Å². The van der Waals surface area contributed by atoms with Crippen LogP contribution >= 0.6 is 0 Å². The highest BCUT2D eigenvalue weighted by Crippen LogP contribution is 2.31. The third-order valence-corrected chi connectivity index (χ3v) is 2.70. The summed E-state index contributed by atoms with van der Waals surface area (Å²) in [6.07, 6.45) is -0.289. The highest BCUT2D eigenvalue weighted by Gasteiger charge is 2.25. The molecule has 0 heterocycles. The van der Waals surface area contributed by atoms with Crippen LogP contribution in [0.4, 0.5) is 4.39 Å². The lowest BCUT2D eigenvalue weighted by Gasteiger charge is -2.17. The first kappa shape index (κ1) is 16.9. The standard InChI is InChI=1S/C14H18FNO5/c1-14(2,3)13(20)21-11-6-8(15)7(5-10(11)17)4-9(16)12(18)19/h5-6,9,17H,4,16H2,1-3H3,(H,18,19)/i15-1. The molecule has 6 nitrogen and oxygen atoms in total. The number of carboxylic acid groups (broad SMARTS) is 1. The number of carboxylic acids is 1. The van der Waals surface area contributed by atoms with Gasteiger partial charge >= 0.3 is 11.9 Å². The van der Waals surface area contributed by atoms with Gasteiger partial charge in [-0.1, -0.05) is 0 Å². The molecule has 0 aliphatic carbocycles. The highest BCUT2D eigenvalue weighted by molar-refractivity contribution is 5.78. The van der Waals surface area contributed by atoms with Gasteiger partial charge in [-0.05, 0) is 32.4 Å². The summed E-state index contributed by atoms with van der Waals surface area (Å²) in [5.74, 6) is -3.49. The second-order valence-corrected chi connectivity index (χ2v) is 5.70. The van der Waals surface area contributed by atoms with Crippen molar-refractivity contribution in [3.63, 3.8) is 0 Å². The van der Waals surface area contributed by atoms with Gasteiger partial charge in [-0.3, -0.25) is 9.59 Å². The van der Waals surface area contributed by atoms with Crippen LogP contribution in [0.25, 0.3) is 0 Å². The molecule has 0 saturated carbocycles. The Morgan fingerprint density at radius 3 is 2.43 bits per heavy atom. The summed E-state index contributed by atoms with van der Waals surface area (Å²) in [6, 6.07) is 0.550. The minimum Gasteiger partial charge on any atom is -0.504 e. The summed E-state index contributed by atoms with van der Waals surface area (Å²) in [5.41, 5.74) is 4.43. The van der Waals surface area contributed by atoms with Crippen molar-refractivity contribution in [2.75, 3.05) is 0 Å². The minimum absolute atomic E-state index is 0.0713. The fourth-order valence-corrected chi connectivity index (χ4v) is 1.40. The van der Waals surface area contributed by atoms with Crippen molar-refractivity contribution < 1.29 is 28.9 Å². The highest BCUT2D eigenvalue weighted by atomic mass is 18.2. The van der Waals surface area contributed by atoms with Crippen LogP contribution in [0.2, 0.25) is 0 Å². The van der Waals surface area contributed by atoms with E-state index < -0.39 is 35.0 Å². The Morgan fingerprint density at radius 2 is 1.95 bits per heavy atom. The van der Waals surface area contributed by atoms with E-state index in [1.807, 2.05) is 0 Å². The van der Waals surface area contributed by atoms with Crippen LogP contribution in [0.3, 0.4) is 0 Å². The van der Waals surface area contributed by atoms with E-state index in [9.17, 15) is 19.1 Å². The van der Waals surface area contributed by atoms with Crippen molar-refractivity contribution in [3.8, 4) is 11.5 Å². The molecule has 0 amide bonds. The number of esters is 1. The van der Waals surface area contributed by atoms with Crippen LogP contribution in [0.1, 0.15) is 26.3 Å². The van der Waals surface area contributed by atoms with Gasteiger partial charge in [0, 0.05) is 12.5 Å². The number of halogens is 1. The van der Waals surface area contributed by atoms with E-state index in [0.717, 1.165) is 12.1 Å². The molecular formula is C14H18FNO5. The second kappa shape index (κ2) is 6.09. The summed E-state index contributed by atoms with van der Waals surface area (Å²) in [6.45, 7) is 4.84. The van der Waals surface area contributed by atoms with Gasteiger partial charge in [-0.15, -0.1) is 0 Å². The molecule has 0 aliphatic rings. The number of rotatable bonds is 4. The normalized spacial score (nSPS) is 12.8. The first-order valence-corrected chi connectivity index (χ1v) is 6.24. The number of hydrogen-bond acceptors (Lipinski definition) is 5. The molecule has 0 spiro atoms. The number of benzene rings is 1. The number of carbonyl (C=O) groups is 2. The molecule has 116 valence electrons. The van der Waals surface area contributed by atoms with Gasteiger partial charge < -0.3 is 20.7 Å². The van der Waals surface area contributed by atoms with E-state index in [2.05, 4.69) is 0 Å². The monoisotopic (exact) mass is 298 g/mol. The first-order valence-electron chi connectivity index (χ1n) is 6.24. The summed E-state index contributed by atoms with van der Waals surface area (Å²) in [7, 11) is 0. The predicted octanol–water partition coefficient (Wildman–Crippen LogP) is 1.44. The Hall–Kier alpha value is -2.15. The summed E-state index contributed by atoms with van der Waals surface area (Å²) in [5, 5.41) is 18.4. The van der Waals surface area contributed by atoms with Crippen molar-refractivity contribution in [2.45, 2.75) is 33.2 Å². The number of phenolic OH excluding ortho intramolecular Hbond substituents is 1. The molecule has 0 radical (unpaired) electrons. The molecule has 1 unspecified atom stereocenters. The average molecular weight is 298 g/mol. The van der Waals surface area contributed by atoms with Gasteiger partial charge in [0.25, 0.3) is 0 Å². The summed E-state index contributed by atoms with van der Waals surface area (Å²) in [4.78, 5) is 22.3. The molecule has 1 aromatic rings. The van der Waals surface area contributed by atoms with Crippen LogP contribution in [0.15, 0.2) is 12.1 Å². The summed E-state index contributed by atoms with van der Waals surface area (Å²) >= 11 is 0. The number of ether oxygens (including phenoxy) is 1. The van der Waals surface area contributed by atoms with Crippen molar-refractivity contribution in [1.82, 2.24) is 0 Å². The van der Waals surface area contributed by atoms with Crippen LogP contribution in [0, 0.1) is 11.2 Å². The third kappa shape index (κ3) is 4.42. The zero-order valence-electron chi connectivity index (χ0n) is 12.0. The molecule has 1 atom stereocenters. The van der Waals surface area contributed by atoms with E-state index >= 15 is 0 Å². The number of carbonyl (C=O) groups excluding carboxylic acids is 1. The maximum atomic E-state index is 13.8. The molecule has 0 aliphatic heterocycles. The smallest absolute Gasteiger partial charge is 0.320 e. The lowest BCUT2D eigenvalue weighted by Crippen LogP contribution is -2.32. The van der Waals surface area contributed by atoms with Gasteiger partial charge in [-0.2, -0.15) is 0 Å². The van der Waals surface area contributed by atoms with Gasteiger partial charge in [0.2, 0.25) is 0 Å². The van der Waals surface area contributed by atoms with Crippen molar-refractivity contribution in [3.05, 3.63) is 23.5 Å². The van der Waals surface area contributed by atoms with Crippen LogP contribution in [-0.4, -0.2) is 28.2 Å². The van der Waals surface area contributed by atoms with E-state index in [4.69, 9.17) is 15.6 Å². The molecule has 0 aromatic heterocycles. The molecular weight excluding hydrogens is 280 g/mol. The van der Waals surface area contributed by atoms with Gasteiger partial charge in [0.05, 0.1) is 5.41 Å². The number of aromatic hydroxyl groups is 1. The van der Waals surface area contributed by atoms with Crippen molar-refractivity contribution >= 4 is 11.9 Å². The lowest BCUT2D eigenvalue weighted by atomic mass is 9.97. The van der Waals surface area contributed by atoms with Crippen LogP contribution in [-0.2, 0) is 16.0 Å². The molecule has 0 fully saturated rings. The second-order valence-electron chi connectivity index (χ2n) is 5.70. The Bertz CT molecular complexity index is 565. The Morgan fingerprint density at radius 1 is 1.38 bits per heavy atom. The average Bonchev–Trinajstić information content (AvgIpc) is 2.33. The maximum absolute atomic E-state index is 13.8. The Balaban J connectivity index is 3.00. The van der Waals surface area contributed by atoms with Crippen molar-refractivity contribution in [1.29, 1.82) is 0 Å². The number of hydrogen-bond donors (Lipinski definition) is 3. The fourth-order valence-electron chi connectivity index (χ4n) is 1.40. The quantitative estimate of drug-likeness (QED) is 0.573. The molecule has 1 rings (SSSR count). The SMILES string of the molecule is CC(C)(C)C(=O)Oc1cc([18F])c(CC(N)C(=O)O)cc1O. The largest absolute Gasteiger partial charge is 0.504 e. The molecule has 7 heteroatoms. The fraction of sp³-hybridized carbons (Fsp3) is 0.429. The predicted molar refractivity (Wildman–Crippen MR) is 72.5 cm³/mol. The van der Waals surface area contributed by atoms with Crippen LogP contribution in [0.5, 0.6) is 11.5 Å². The van der Waals surface area contributed by atoms with Gasteiger partial charge in [0.1, 0.15) is 11.9 Å². The van der Waals surface area contributed by atoms with E-state index in [0.29, 0.717) is 0 Å². The zero-order chi connectivity index (χ0) is 16.4. The van der Waals surface area contributed by atoms with E-state index in [1.165, 1.54) is 0 Å². The molecule has 4 N–H and O–H groups in total. The minimum atomic E-state index is -1.29. The maximum Gasteiger partial charge on any atom is 0.320 e. The zero-order valence-corrected chi connectivity index (χ0v) is 12.0. The molecule has 1 aromatic carbocycles. The molecule has 21 heavy (non-hydrogen) atoms. The van der Waals surface area contributed by atoms with Crippen molar-refractivity contribution in [2.24, 2.45) is 11.1 Å². The third-order valence-electron chi connectivity index (χ3n) is 2.70. The summed E-state index contributed by atoms with van der Waals surface area (Å²) < 4.78 is 18.8.